The van der Waals surface area contributed by atoms with E-state index in [0.29, 0.717) is 6.42 Å². The van der Waals surface area contributed by atoms with Crippen LogP contribution in [0.5, 0.6) is 0 Å². The number of nitrogens with one attached hydrogen (secondary N) is 1. The Morgan fingerprint density at radius 3 is 2.04 bits per heavy atom. The zero-order valence-corrected chi connectivity index (χ0v) is 15.8. The van der Waals surface area contributed by atoms with E-state index >= 15 is 0 Å². The first-order valence-electron chi connectivity index (χ1n) is 9.18. The van der Waals surface area contributed by atoms with Gasteiger partial charge in [-0.1, -0.05) is 62.4 Å². The average Bonchev–Trinajstić information content (AvgIpc) is 2.99. The van der Waals surface area contributed by atoms with Crippen molar-refractivity contribution in [2.24, 2.45) is 5.92 Å². The first-order valence-corrected chi connectivity index (χ1v) is 9.18. The lowest BCUT2D eigenvalue weighted by atomic mass is 9.89. The fraction of sp³-hybridized carbons (Fsp3) is 0.364. The van der Waals surface area contributed by atoms with E-state index in [1.807, 2.05) is 62.4 Å². The molecule has 1 aliphatic carbocycles. The van der Waals surface area contributed by atoms with Crippen molar-refractivity contribution in [3.05, 3.63) is 59.7 Å². The molecule has 0 heterocycles. The highest BCUT2D eigenvalue weighted by atomic mass is 16.5. The number of hydrogen-bond acceptors (Lipinski definition) is 4. The third-order valence-electron chi connectivity index (χ3n) is 4.97. The van der Waals surface area contributed by atoms with Crippen LogP contribution in [0.25, 0.3) is 11.1 Å². The minimum absolute atomic E-state index is 0.162. The van der Waals surface area contributed by atoms with Gasteiger partial charge in [0.1, 0.15) is 12.1 Å². The molecule has 1 amide bonds. The molecule has 0 fully saturated rings. The molecule has 2 aromatic rings. The Kier molecular flexibility index (Phi) is 5.61. The molecule has 1 aliphatic rings. The zero-order chi connectivity index (χ0) is 19.6. The Hall–Kier alpha value is -2.66. The van der Waals surface area contributed by atoms with Crippen LogP contribution in [0.2, 0.25) is 0 Å². The van der Waals surface area contributed by atoms with Crippen LogP contribution in [-0.2, 0) is 14.3 Å². The molecule has 0 spiro atoms. The van der Waals surface area contributed by atoms with Gasteiger partial charge in [-0.2, -0.15) is 0 Å². The van der Waals surface area contributed by atoms with Crippen molar-refractivity contribution >= 4 is 11.9 Å². The fourth-order valence-corrected chi connectivity index (χ4v) is 3.76. The van der Waals surface area contributed by atoms with E-state index in [4.69, 9.17) is 4.74 Å². The SMILES string of the molecule is COC(=O)[C@H](NC(=O)[C@@H](O)CC(C)C)C1c2ccccc2-c2ccccc21. The highest BCUT2D eigenvalue weighted by molar-refractivity contribution is 5.90. The normalized spacial score (nSPS) is 15.0. The van der Waals surface area contributed by atoms with E-state index in [0.717, 1.165) is 22.3 Å². The summed E-state index contributed by atoms with van der Waals surface area (Å²) >= 11 is 0. The van der Waals surface area contributed by atoms with Gasteiger partial charge < -0.3 is 15.2 Å². The van der Waals surface area contributed by atoms with Crippen LogP contribution in [0.3, 0.4) is 0 Å². The van der Waals surface area contributed by atoms with Crippen LogP contribution >= 0.6 is 0 Å². The summed E-state index contributed by atoms with van der Waals surface area (Å²) in [6.07, 6.45) is -0.832. The molecule has 0 unspecified atom stereocenters. The van der Waals surface area contributed by atoms with Gasteiger partial charge in [0.2, 0.25) is 5.91 Å². The van der Waals surface area contributed by atoms with Crippen molar-refractivity contribution in [1.82, 2.24) is 5.32 Å². The molecule has 0 saturated carbocycles. The molecule has 27 heavy (non-hydrogen) atoms. The summed E-state index contributed by atoms with van der Waals surface area (Å²) in [5.41, 5.74) is 4.02. The molecule has 5 heteroatoms. The molecule has 0 saturated heterocycles. The van der Waals surface area contributed by atoms with E-state index in [2.05, 4.69) is 5.32 Å². The topological polar surface area (TPSA) is 75.6 Å². The predicted octanol–water partition coefficient (Wildman–Crippen LogP) is 2.86. The van der Waals surface area contributed by atoms with E-state index in [1.54, 1.807) is 0 Å². The molecule has 0 bridgehead atoms. The Bertz CT molecular complexity index is 800. The van der Waals surface area contributed by atoms with Gasteiger partial charge in [0, 0.05) is 5.92 Å². The van der Waals surface area contributed by atoms with Crippen molar-refractivity contribution in [2.45, 2.75) is 38.3 Å². The van der Waals surface area contributed by atoms with Crippen LogP contribution in [0.15, 0.2) is 48.5 Å². The highest BCUT2D eigenvalue weighted by Crippen LogP contribution is 2.46. The van der Waals surface area contributed by atoms with Crippen LogP contribution in [-0.4, -0.2) is 36.2 Å². The Morgan fingerprint density at radius 2 is 1.56 bits per heavy atom. The summed E-state index contributed by atoms with van der Waals surface area (Å²) in [5.74, 6) is -1.28. The quantitative estimate of drug-likeness (QED) is 0.770. The number of carbonyl (C=O) groups excluding carboxylic acids is 2. The number of aliphatic hydroxyl groups is 1. The molecular weight excluding hydrogens is 342 g/mol. The van der Waals surface area contributed by atoms with Gasteiger partial charge in [-0.05, 0) is 34.6 Å². The average molecular weight is 367 g/mol. The summed E-state index contributed by atoms with van der Waals surface area (Å²) in [7, 11) is 1.30. The van der Waals surface area contributed by atoms with Gasteiger partial charge in [-0.3, -0.25) is 4.79 Å². The van der Waals surface area contributed by atoms with Crippen LogP contribution in [0.4, 0.5) is 0 Å². The summed E-state index contributed by atoms with van der Waals surface area (Å²) in [5, 5.41) is 12.9. The minimum atomic E-state index is -1.16. The van der Waals surface area contributed by atoms with Gasteiger partial charge in [-0.15, -0.1) is 0 Å². The molecule has 0 aliphatic heterocycles. The number of amides is 1. The predicted molar refractivity (Wildman–Crippen MR) is 103 cm³/mol. The Morgan fingerprint density at radius 1 is 1.04 bits per heavy atom. The molecule has 0 aromatic heterocycles. The summed E-state index contributed by atoms with van der Waals surface area (Å²) in [6, 6.07) is 14.8. The smallest absolute Gasteiger partial charge is 0.329 e. The zero-order valence-electron chi connectivity index (χ0n) is 15.8. The number of methoxy groups -OCH3 is 1. The van der Waals surface area contributed by atoms with Gasteiger partial charge in [0.15, 0.2) is 0 Å². The third kappa shape index (κ3) is 3.74. The number of rotatable bonds is 6. The van der Waals surface area contributed by atoms with Gasteiger partial charge in [0.25, 0.3) is 0 Å². The second kappa shape index (κ2) is 7.92. The Labute approximate surface area is 159 Å². The summed E-state index contributed by atoms with van der Waals surface area (Å²) in [6.45, 7) is 3.86. The van der Waals surface area contributed by atoms with Crippen molar-refractivity contribution in [1.29, 1.82) is 0 Å². The van der Waals surface area contributed by atoms with Crippen molar-refractivity contribution in [3.8, 4) is 11.1 Å². The van der Waals surface area contributed by atoms with Gasteiger partial charge in [-0.25, -0.2) is 4.79 Å². The molecule has 3 rings (SSSR count). The third-order valence-corrected chi connectivity index (χ3v) is 4.97. The molecule has 2 N–H and O–H groups in total. The number of benzene rings is 2. The second-order valence-corrected chi connectivity index (χ2v) is 7.31. The summed E-state index contributed by atoms with van der Waals surface area (Å²) < 4.78 is 4.98. The molecule has 2 atom stereocenters. The van der Waals surface area contributed by atoms with E-state index < -0.39 is 24.0 Å². The number of ether oxygens (including phenoxy) is 1. The number of esters is 1. The number of aliphatic hydroxyl groups excluding tert-OH is 1. The standard InChI is InChI=1S/C22H25NO4/c1-13(2)12-18(24)21(25)23-20(22(26)27-3)19-16-10-6-4-8-14(16)15-9-5-7-11-17(15)19/h4-11,13,18-20,24H,12H2,1-3H3,(H,23,25)/t18-,20+/m0/s1. The molecular formula is C22H25NO4. The van der Waals surface area contributed by atoms with Crippen molar-refractivity contribution < 1.29 is 19.4 Å². The maximum absolute atomic E-state index is 12.6. The minimum Gasteiger partial charge on any atom is -0.467 e. The van der Waals surface area contributed by atoms with E-state index in [-0.39, 0.29) is 11.8 Å². The first kappa shape index (κ1) is 19.1. The lowest BCUT2D eigenvalue weighted by Crippen LogP contribution is -2.49. The molecule has 142 valence electrons. The number of fused-ring (bicyclic) bond motifs is 3. The lowest BCUT2D eigenvalue weighted by molar-refractivity contribution is -0.146. The molecule has 0 radical (unpaired) electrons. The fourth-order valence-electron chi connectivity index (χ4n) is 3.76. The lowest BCUT2D eigenvalue weighted by Gasteiger charge is -2.26. The molecule has 5 nitrogen and oxygen atoms in total. The summed E-state index contributed by atoms with van der Waals surface area (Å²) in [4.78, 5) is 25.1. The van der Waals surface area contributed by atoms with E-state index in [1.165, 1.54) is 7.11 Å². The molecule has 2 aromatic carbocycles. The Balaban J connectivity index is 1.99. The number of carbonyl (C=O) groups is 2. The number of hydrogen-bond donors (Lipinski definition) is 2. The largest absolute Gasteiger partial charge is 0.467 e. The van der Waals surface area contributed by atoms with Crippen molar-refractivity contribution in [2.75, 3.05) is 7.11 Å². The monoisotopic (exact) mass is 367 g/mol. The van der Waals surface area contributed by atoms with Crippen LogP contribution < -0.4 is 5.32 Å². The van der Waals surface area contributed by atoms with Crippen LogP contribution in [0.1, 0.15) is 37.3 Å². The van der Waals surface area contributed by atoms with Gasteiger partial charge >= 0.3 is 5.97 Å². The van der Waals surface area contributed by atoms with E-state index in [9.17, 15) is 14.7 Å². The second-order valence-electron chi connectivity index (χ2n) is 7.31. The highest BCUT2D eigenvalue weighted by Gasteiger charge is 2.40. The van der Waals surface area contributed by atoms with Crippen molar-refractivity contribution in [3.63, 3.8) is 0 Å². The maximum Gasteiger partial charge on any atom is 0.329 e. The van der Waals surface area contributed by atoms with Crippen LogP contribution in [0, 0.1) is 5.92 Å². The first-order chi connectivity index (χ1) is 12.9. The maximum atomic E-state index is 12.6. The van der Waals surface area contributed by atoms with Gasteiger partial charge in [0.05, 0.1) is 7.11 Å².